The number of aromatic hydroxyl groups is 1. The van der Waals surface area contributed by atoms with Gasteiger partial charge >= 0.3 is 0 Å². The van der Waals surface area contributed by atoms with Crippen LogP contribution in [-0.2, 0) is 6.42 Å². The number of phenolic OH excluding ortho intramolecular Hbond substituents is 1. The van der Waals surface area contributed by atoms with Gasteiger partial charge in [0, 0.05) is 17.0 Å². The van der Waals surface area contributed by atoms with Crippen molar-refractivity contribution in [3.05, 3.63) is 58.1 Å². The number of fused-ring (bicyclic) bond motifs is 1. The number of rotatable bonds is 2. The molecule has 0 saturated carbocycles. The highest BCUT2D eigenvalue weighted by Crippen LogP contribution is 2.28. The Morgan fingerprint density at radius 1 is 1.17 bits per heavy atom. The second-order valence-electron chi connectivity index (χ2n) is 4.03. The third kappa shape index (κ3) is 2.19. The summed E-state index contributed by atoms with van der Waals surface area (Å²) in [7, 11) is 0. The van der Waals surface area contributed by atoms with Gasteiger partial charge in [0.05, 0.1) is 15.2 Å². The second-order valence-corrected chi connectivity index (χ2v) is 5.58. The fourth-order valence-electron chi connectivity index (χ4n) is 1.85. The van der Waals surface area contributed by atoms with E-state index < -0.39 is 0 Å². The minimum Gasteiger partial charge on any atom is -0.508 e. The van der Waals surface area contributed by atoms with Crippen molar-refractivity contribution in [1.82, 2.24) is 4.98 Å². The van der Waals surface area contributed by atoms with Crippen LogP contribution in [0.3, 0.4) is 0 Å². The van der Waals surface area contributed by atoms with Gasteiger partial charge in [-0.1, -0.05) is 23.7 Å². The lowest BCUT2D eigenvalue weighted by atomic mass is 10.1. The van der Waals surface area contributed by atoms with Gasteiger partial charge in [0.1, 0.15) is 5.75 Å². The van der Waals surface area contributed by atoms with E-state index in [-0.39, 0.29) is 5.75 Å². The number of para-hydroxylation sites is 1. The van der Waals surface area contributed by atoms with Gasteiger partial charge in [0.2, 0.25) is 0 Å². The summed E-state index contributed by atoms with van der Waals surface area (Å²) in [5.74, 6) is 0.263. The van der Waals surface area contributed by atoms with Crippen LogP contribution in [0.25, 0.3) is 10.2 Å². The summed E-state index contributed by atoms with van der Waals surface area (Å²) in [6, 6.07) is 13.1. The molecule has 0 radical (unpaired) electrons. The largest absolute Gasteiger partial charge is 0.508 e. The zero-order valence-electron chi connectivity index (χ0n) is 9.43. The molecule has 0 atom stereocenters. The van der Waals surface area contributed by atoms with Gasteiger partial charge in [-0.2, -0.15) is 0 Å². The molecular formula is C14H10ClNOS. The molecule has 2 nitrogen and oxygen atoms in total. The average molecular weight is 276 g/mol. The lowest BCUT2D eigenvalue weighted by Crippen LogP contribution is -1.87. The highest BCUT2D eigenvalue weighted by Gasteiger charge is 2.08. The molecule has 18 heavy (non-hydrogen) atoms. The molecule has 0 unspecified atom stereocenters. The fraction of sp³-hybridized carbons (Fsp3) is 0.0714. The van der Waals surface area contributed by atoms with E-state index in [4.69, 9.17) is 11.6 Å². The second kappa shape index (κ2) is 4.59. The number of thiazole rings is 1. The number of aromatic nitrogens is 1. The Hall–Kier alpha value is -1.58. The van der Waals surface area contributed by atoms with Gasteiger partial charge < -0.3 is 5.11 Å². The molecular weight excluding hydrogens is 266 g/mol. The van der Waals surface area contributed by atoms with Crippen LogP contribution in [0.1, 0.15) is 10.6 Å². The van der Waals surface area contributed by atoms with Crippen LogP contribution in [-0.4, -0.2) is 10.1 Å². The summed E-state index contributed by atoms with van der Waals surface area (Å²) in [4.78, 5) is 4.54. The van der Waals surface area contributed by atoms with Crippen molar-refractivity contribution in [2.45, 2.75) is 6.42 Å². The van der Waals surface area contributed by atoms with E-state index >= 15 is 0 Å². The quantitative estimate of drug-likeness (QED) is 0.759. The highest BCUT2D eigenvalue weighted by atomic mass is 35.5. The van der Waals surface area contributed by atoms with Crippen molar-refractivity contribution in [3.63, 3.8) is 0 Å². The van der Waals surface area contributed by atoms with Crippen LogP contribution < -0.4 is 0 Å². The molecule has 1 aromatic heterocycles. The molecule has 0 amide bonds. The van der Waals surface area contributed by atoms with Gasteiger partial charge in [-0.15, -0.1) is 11.3 Å². The SMILES string of the molecule is Oc1ccc(Cl)cc1Cc1nc2ccccc2s1. The fourth-order valence-corrected chi connectivity index (χ4v) is 3.04. The molecule has 3 aromatic rings. The van der Waals surface area contributed by atoms with E-state index in [0.29, 0.717) is 11.4 Å². The molecule has 2 aromatic carbocycles. The standard InChI is InChI=1S/C14H10ClNOS/c15-10-5-6-12(17)9(7-10)8-14-16-11-3-1-2-4-13(11)18-14/h1-7,17H,8H2. The Balaban J connectivity index is 1.98. The minimum absolute atomic E-state index is 0.263. The summed E-state index contributed by atoms with van der Waals surface area (Å²) < 4.78 is 1.16. The molecule has 0 saturated heterocycles. The molecule has 3 rings (SSSR count). The van der Waals surface area contributed by atoms with Crippen molar-refractivity contribution < 1.29 is 5.11 Å². The Kier molecular flexibility index (Phi) is 2.94. The first-order valence-corrected chi connectivity index (χ1v) is 6.74. The lowest BCUT2D eigenvalue weighted by Gasteiger charge is -2.02. The van der Waals surface area contributed by atoms with Crippen LogP contribution in [0, 0.1) is 0 Å². The Labute approximate surface area is 113 Å². The highest BCUT2D eigenvalue weighted by molar-refractivity contribution is 7.18. The molecule has 0 aliphatic rings. The Bertz CT molecular complexity index is 675. The predicted molar refractivity (Wildman–Crippen MR) is 75.5 cm³/mol. The van der Waals surface area contributed by atoms with Gasteiger partial charge in [0.15, 0.2) is 0 Å². The third-order valence-electron chi connectivity index (χ3n) is 2.72. The van der Waals surface area contributed by atoms with E-state index in [1.807, 2.05) is 24.3 Å². The van der Waals surface area contributed by atoms with Crippen LogP contribution in [0.2, 0.25) is 5.02 Å². The van der Waals surface area contributed by atoms with Gasteiger partial charge in [-0.05, 0) is 30.3 Å². The summed E-state index contributed by atoms with van der Waals surface area (Å²) in [6.45, 7) is 0. The van der Waals surface area contributed by atoms with Crippen LogP contribution in [0.5, 0.6) is 5.75 Å². The summed E-state index contributed by atoms with van der Waals surface area (Å²) >= 11 is 7.57. The minimum atomic E-state index is 0.263. The van der Waals surface area contributed by atoms with E-state index in [1.54, 1.807) is 29.5 Å². The first kappa shape index (κ1) is 11.5. The smallest absolute Gasteiger partial charge is 0.119 e. The molecule has 4 heteroatoms. The van der Waals surface area contributed by atoms with Crippen molar-refractivity contribution in [2.24, 2.45) is 0 Å². The molecule has 0 aliphatic heterocycles. The molecule has 0 fully saturated rings. The topological polar surface area (TPSA) is 33.1 Å². The number of nitrogens with zero attached hydrogens (tertiary/aromatic N) is 1. The van der Waals surface area contributed by atoms with Gasteiger partial charge in [-0.25, -0.2) is 4.98 Å². The number of halogens is 1. The summed E-state index contributed by atoms with van der Waals surface area (Å²) in [5.41, 5.74) is 1.81. The van der Waals surface area contributed by atoms with Gasteiger partial charge in [-0.3, -0.25) is 0 Å². The monoisotopic (exact) mass is 275 g/mol. The zero-order valence-corrected chi connectivity index (χ0v) is 11.0. The first-order valence-electron chi connectivity index (χ1n) is 5.54. The molecule has 0 spiro atoms. The van der Waals surface area contributed by atoms with Crippen LogP contribution in [0.15, 0.2) is 42.5 Å². The number of hydrogen-bond acceptors (Lipinski definition) is 3. The number of phenols is 1. The van der Waals surface area contributed by atoms with Crippen molar-refractivity contribution in [3.8, 4) is 5.75 Å². The van der Waals surface area contributed by atoms with E-state index in [1.165, 1.54) is 0 Å². The number of benzene rings is 2. The zero-order chi connectivity index (χ0) is 12.5. The molecule has 0 aliphatic carbocycles. The third-order valence-corrected chi connectivity index (χ3v) is 3.99. The van der Waals surface area contributed by atoms with Crippen LogP contribution in [0.4, 0.5) is 0 Å². The molecule has 0 bridgehead atoms. The van der Waals surface area contributed by atoms with E-state index in [0.717, 1.165) is 20.8 Å². The number of hydrogen-bond donors (Lipinski definition) is 1. The molecule has 90 valence electrons. The molecule has 1 heterocycles. The van der Waals surface area contributed by atoms with E-state index in [9.17, 15) is 5.11 Å². The van der Waals surface area contributed by atoms with Crippen molar-refractivity contribution >= 4 is 33.2 Å². The summed E-state index contributed by atoms with van der Waals surface area (Å²) in [6.07, 6.45) is 0.603. The average Bonchev–Trinajstić information content (AvgIpc) is 2.76. The summed E-state index contributed by atoms with van der Waals surface area (Å²) in [5, 5.41) is 11.4. The maximum Gasteiger partial charge on any atom is 0.119 e. The van der Waals surface area contributed by atoms with Crippen LogP contribution >= 0.6 is 22.9 Å². The normalized spacial score (nSPS) is 10.9. The first-order chi connectivity index (χ1) is 8.72. The van der Waals surface area contributed by atoms with Crippen molar-refractivity contribution in [2.75, 3.05) is 0 Å². The van der Waals surface area contributed by atoms with E-state index in [2.05, 4.69) is 4.98 Å². The maximum absolute atomic E-state index is 9.79. The lowest BCUT2D eigenvalue weighted by molar-refractivity contribution is 0.469. The Morgan fingerprint density at radius 2 is 2.00 bits per heavy atom. The van der Waals surface area contributed by atoms with Gasteiger partial charge in [0.25, 0.3) is 0 Å². The van der Waals surface area contributed by atoms with Crippen molar-refractivity contribution in [1.29, 1.82) is 0 Å². The molecule has 1 N–H and O–H groups in total. The maximum atomic E-state index is 9.79. The predicted octanol–water partition coefficient (Wildman–Crippen LogP) is 4.25. The Morgan fingerprint density at radius 3 is 2.83 bits per heavy atom.